The summed E-state index contributed by atoms with van der Waals surface area (Å²) in [5.41, 5.74) is 6.12. The van der Waals surface area contributed by atoms with Crippen LogP contribution in [-0.2, 0) is 9.47 Å². The van der Waals surface area contributed by atoms with E-state index in [1.54, 1.807) is 0 Å². The van der Waals surface area contributed by atoms with E-state index in [2.05, 4.69) is 11.8 Å². The maximum Gasteiger partial charge on any atom is 0.191 e. The van der Waals surface area contributed by atoms with Gasteiger partial charge in [-0.1, -0.05) is 0 Å². The van der Waals surface area contributed by atoms with Crippen molar-refractivity contribution in [1.29, 1.82) is 0 Å². The Balaban J connectivity index is 1.58. The van der Waals surface area contributed by atoms with Crippen LogP contribution in [0, 0.1) is 5.92 Å². The zero-order valence-corrected chi connectivity index (χ0v) is 11.0. The van der Waals surface area contributed by atoms with Crippen molar-refractivity contribution in [3.05, 3.63) is 0 Å². The average molecular weight is 253 g/mol. The van der Waals surface area contributed by atoms with Crippen LogP contribution in [0.1, 0.15) is 26.2 Å². The maximum absolute atomic E-state index is 6.12. The molecule has 102 valence electrons. The standard InChI is InChI=1S/C13H23N3O2/c1-9-8-16(4-6-17-9)13(14)15-11-7-12-10(11)3-2-5-18-12/h9-12H,2-8H2,1H3,(H2,14,15). The Morgan fingerprint density at radius 3 is 3.00 bits per heavy atom. The van der Waals surface area contributed by atoms with Crippen LogP contribution in [0.4, 0.5) is 0 Å². The predicted molar refractivity (Wildman–Crippen MR) is 69.5 cm³/mol. The lowest BCUT2D eigenvalue weighted by Crippen LogP contribution is -2.52. The Kier molecular flexibility index (Phi) is 3.43. The summed E-state index contributed by atoms with van der Waals surface area (Å²) < 4.78 is 11.2. The third-order valence-electron chi connectivity index (χ3n) is 4.32. The van der Waals surface area contributed by atoms with Crippen molar-refractivity contribution in [2.24, 2.45) is 16.6 Å². The van der Waals surface area contributed by atoms with Crippen molar-refractivity contribution in [2.45, 2.75) is 44.4 Å². The van der Waals surface area contributed by atoms with Gasteiger partial charge in [-0.25, -0.2) is 4.99 Å². The summed E-state index contributed by atoms with van der Waals surface area (Å²) in [7, 11) is 0. The molecule has 18 heavy (non-hydrogen) atoms. The number of guanidine groups is 1. The minimum Gasteiger partial charge on any atom is -0.378 e. The third-order valence-corrected chi connectivity index (χ3v) is 4.32. The molecule has 3 rings (SSSR count). The number of morpholine rings is 1. The summed E-state index contributed by atoms with van der Waals surface area (Å²) >= 11 is 0. The van der Waals surface area contributed by atoms with Crippen LogP contribution >= 0.6 is 0 Å². The molecule has 0 bridgehead atoms. The normalized spacial score (nSPS) is 41.2. The molecule has 3 aliphatic rings. The van der Waals surface area contributed by atoms with Crippen LogP contribution in [0.25, 0.3) is 0 Å². The molecule has 2 saturated heterocycles. The summed E-state index contributed by atoms with van der Waals surface area (Å²) in [5.74, 6) is 1.30. The van der Waals surface area contributed by atoms with Crippen LogP contribution in [0.3, 0.4) is 0 Å². The van der Waals surface area contributed by atoms with Crippen LogP contribution in [0.5, 0.6) is 0 Å². The fraction of sp³-hybridized carbons (Fsp3) is 0.923. The van der Waals surface area contributed by atoms with Gasteiger partial charge < -0.3 is 20.1 Å². The number of rotatable bonds is 1. The average Bonchev–Trinajstić information content (AvgIpc) is 2.36. The molecule has 2 N–H and O–H groups in total. The molecule has 5 nitrogen and oxygen atoms in total. The summed E-state index contributed by atoms with van der Waals surface area (Å²) in [6, 6.07) is 0.383. The Labute approximate surface area is 108 Å². The van der Waals surface area contributed by atoms with Gasteiger partial charge in [-0.3, -0.25) is 0 Å². The van der Waals surface area contributed by atoms with Crippen molar-refractivity contribution in [2.75, 3.05) is 26.3 Å². The predicted octanol–water partition coefficient (Wildman–Crippen LogP) is 0.589. The van der Waals surface area contributed by atoms with Crippen molar-refractivity contribution < 1.29 is 9.47 Å². The highest BCUT2D eigenvalue weighted by molar-refractivity contribution is 5.78. The smallest absolute Gasteiger partial charge is 0.191 e. The summed E-state index contributed by atoms with van der Waals surface area (Å²) in [6.45, 7) is 5.46. The van der Waals surface area contributed by atoms with Crippen LogP contribution in [-0.4, -0.2) is 55.4 Å². The second kappa shape index (κ2) is 5.05. The summed E-state index contributed by atoms with van der Waals surface area (Å²) in [4.78, 5) is 6.85. The molecular formula is C13H23N3O2. The van der Waals surface area contributed by atoms with Crippen molar-refractivity contribution >= 4 is 5.96 Å². The van der Waals surface area contributed by atoms with Crippen molar-refractivity contribution in [1.82, 2.24) is 4.90 Å². The Hall–Kier alpha value is -0.810. The van der Waals surface area contributed by atoms with Gasteiger partial charge in [-0.05, 0) is 26.2 Å². The SMILES string of the molecule is CC1CN(C(N)=NC2CC3OCCCC23)CCO1. The number of nitrogens with two attached hydrogens (primary N) is 1. The minimum absolute atomic E-state index is 0.250. The number of ether oxygens (including phenoxy) is 2. The highest BCUT2D eigenvalue weighted by atomic mass is 16.5. The Morgan fingerprint density at radius 2 is 2.22 bits per heavy atom. The lowest BCUT2D eigenvalue weighted by molar-refractivity contribution is -0.0941. The van der Waals surface area contributed by atoms with E-state index < -0.39 is 0 Å². The summed E-state index contributed by atoms with van der Waals surface area (Å²) in [5, 5.41) is 0. The highest BCUT2D eigenvalue weighted by Crippen LogP contribution is 2.39. The zero-order valence-electron chi connectivity index (χ0n) is 11.0. The zero-order chi connectivity index (χ0) is 12.5. The molecule has 0 aromatic rings. The Bertz CT molecular complexity index is 334. The molecule has 2 aliphatic heterocycles. The summed E-state index contributed by atoms with van der Waals surface area (Å²) in [6.07, 6.45) is 4.15. The van der Waals surface area contributed by atoms with Gasteiger partial charge in [0.25, 0.3) is 0 Å². The van der Waals surface area contributed by atoms with E-state index in [1.807, 2.05) is 0 Å². The van der Waals surface area contributed by atoms with Crippen molar-refractivity contribution in [3.8, 4) is 0 Å². The molecule has 1 saturated carbocycles. The molecule has 0 spiro atoms. The molecule has 5 heteroatoms. The maximum atomic E-state index is 6.12. The van der Waals surface area contributed by atoms with E-state index in [-0.39, 0.29) is 6.10 Å². The molecule has 4 atom stereocenters. The Morgan fingerprint density at radius 1 is 1.33 bits per heavy atom. The van der Waals surface area contributed by atoms with E-state index >= 15 is 0 Å². The van der Waals surface area contributed by atoms with Gasteiger partial charge in [0.1, 0.15) is 0 Å². The van der Waals surface area contributed by atoms with Gasteiger partial charge in [0.05, 0.1) is 24.9 Å². The molecule has 0 aromatic heterocycles. The van der Waals surface area contributed by atoms with Crippen LogP contribution in [0.15, 0.2) is 4.99 Å². The first-order chi connectivity index (χ1) is 8.74. The van der Waals surface area contributed by atoms with Gasteiger partial charge in [-0.2, -0.15) is 0 Å². The fourth-order valence-corrected chi connectivity index (χ4v) is 3.19. The van der Waals surface area contributed by atoms with E-state index in [0.717, 1.165) is 32.7 Å². The second-order valence-electron chi connectivity index (χ2n) is 5.63. The topological polar surface area (TPSA) is 60.1 Å². The van der Waals surface area contributed by atoms with E-state index in [9.17, 15) is 0 Å². The van der Waals surface area contributed by atoms with E-state index in [4.69, 9.17) is 20.2 Å². The van der Waals surface area contributed by atoms with E-state index in [0.29, 0.717) is 24.0 Å². The number of nitrogens with zero attached hydrogens (tertiary/aromatic N) is 2. The lowest BCUT2D eigenvalue weighted by Gasteiger charge is -2.45. The minimum atomic E-state index is 0.250. The molecule has 0 aromatic carbocycles. The molecule has 3 fully saturated rings. The molecular weight excluding hydrogens is 230 g/mol. The van der Waals surface area contributed by atoms with Gasteiger partial charge in [-0.15, -0.1) is 0 Å². The number of aliphatic imine (C=N–C) groups is 1. The van der Waals surface area contributed by atoms with Crippen LogP contribution in [0.2, 0.25) is 0 Å². The number of fused-ring (bicyclic) bond motifs is 1. The largest absolute Gasteiger partial charge is 0.378 e. The molecule has 1 aliphatic carbocycles. The second-order valence-corrected chi connectivity index (χ2v) is 5.63. The van der Waals surface area contributed by atoms with Gasteiger partial charge in [0.15, 0.2) is 5.96 Å². The first-order valence-electron chi connectivity index (χ1n) is 7.05. The van der Waals surface area contributed by atoms with E-state index in [1.165, 1.54) is 12.8 Å². The van der Waals surface area contributed by atoms with Gasteiger partial charge in [0.2, 0.25) is 0 Å². The molecule has 0 radical (unpaired) electrons. The lowest BCUT2D eigenvalue weighted by atomic mass is 9.73. The highest BCUT2D eigenvalue weighted by Gasteiger charge is 2.43. The number of hydrogen-bond donors (Lipinski definition) is 1. The first-order valence-corrected chi connectivity index (χ1v) is 7.05. The first kappa shape index (κ1) is 12.2. The fourth-order valence-electron chi connectivity index (χ4n) is 3.19. The van der Waals surface area contributed by atoms with Gasteiger partial charge >= 0.3 is 0 Å². The quantitative estimate of drug-likeness (QED) is 0.549. The monoisotopic (exact) mass is 253 g/mol. The van der Waals surface area contributed by atoms with Gasteiger partial charge in [0, 0.05) is 25.6 Å². The third kappa shape index (κ3) is 2.34. The number of hydrogen-bond acceptors (Lipinski definition) is 3. The van der Waals surface area contributed by atoms with Crippen LogP contribution < -0.4 is 5.73 Å². The van der Waals surface area contributed by atoms with Crippen molar-refractivity contribution in [3.63, 3.8) is 0 Å². The molecule has 0 amide bonds. The molecule has 4 unspecified atom stereocenters. The molecule has 2 heterocycles.